The van der Waals surface area contributed by atoms with E-state index in [-0.39, 0.29) is 11.8 Å². The van der Waals surface area contributed by atoms with Gasteiger partial charge < -0.3 is 10.6 Å². The van der Waals surface area contributed by atoms with E-state index in [0.29, 0.717) is 0 Å². The predicted octanol–water partition coefficient (Wildman–Crippen LogP) is 1.12. The summed E-state index contributed by atoms with van der Waals surface area (Å²) >= 11 is 0. The van der Waals surface area contributed by atoms with Crippen molar-refractivity contribution in [2.45, 2.75) is 19.4 Å². The Morgan fingerprint density at radius 3 is 2.80 bits per heavy atom. The van der Waals surface area contributed by atoms with Crippen LogP contribution in [0.1, 0.15) is 18.4 Å². The fraction of sp³-hybridized carbons (Fsp3) is 0.353. The number of amides is 1. The van der Waals surface area contributed by atoms with Gasteiger partial charge in [-0.2, -0.15) is 0 Å². The molecule has 2 aromatic rings. The summed E-state index contributed by atoms with van der Waals surface area (Å²) < 4.78 is 0. The Kier molecular flexibility index (Phi) is 3.70. The highest BCUT2D eigenvalue weighted by molar-refractivity contribution is 5.82. The molecule has 1 saturated heterocycles. The number of benzene rings is 2. The average molecular weight is 269 g/mol. The molecule has 1 heterocycles. The number of nitrogens with one attached hydrogen (secondary N) is 1. The molecule has 0 radical (unpaired) electrons. The molecule has 2 atom stereocenters. The molecule has 0 saturated carbocycles. The van der Waals surface area contributed by atoms with E-state index < -0.39 is 0 Å². The zero-order chi connectivity index (χ0) is 13.9. The van der Waals surface area contributed by atoms with Crippen molar-refractivity contribution in [2.75, 3.05) is 13.1 Å². The first-order valence-electron chi connectivity index (χ1n) is 7.33. The van der Waals surface area contributed by atoms with Crippen LogP contribution in [-0.2, 0) is 11.3 Å². The number of fused-ring (bicyclic) bond motifs is 1. The van der Waals surface area contributed by atoms with Crippen LogP contribution >= 0.6 is 0 Å². The highest BCUT2D eigenvalue weighted by atomic mass is 16.1. The lowest BCUT2D eigenvalue weighted by Crippen LogP contribution is -3.12. The van der Waals surface area contributed by atoms with Gasteiger partial charge in [-0.15, -0.1) is 0 Å². The lowest BCUT2D eigenvalue weighted by molar-refractivity contribution is -0.921. The van der Waals surface area contributed by atoms with Crippen molar-refractivity contribution >= 4 is 16.7 Å². The number of hydrogen-bond acceptors (Lipinski definition) is 1. The molecule has 0 aromatic heterocycles. The van der Waals surface area contributed by atoms with Crippen LogP contribution in [0.3, 0.4) is 0 Å². The van der Waals surface area contributed by atoms with Crippen LogP contribution in [0.25, 0.3) is 10.8 Å². The summed E-state index contributed by atoms with van der Waals surface area (Å²) in [5, 5.41) is 2.56. The maximum Gasteiger partial charge on any atom is 0.226 e. The molecule has 3 heteroatoms. The van der Waals surface area contributed by atoms with Crippen molar-refractivity contribution in [3.63, 3.8) is 0 Å². The van der Waals surface area contributed by atoms with E-state index in [9.17, 15) is 4.79 Å². The van der Waals surface area contributed by atoms with Gasteiger partial charge in [-0.3, -0.25) is 4.79 Å². The Balaban J connectivity index is 1.74. The highest BCUT2D eigenvalue weighted by Crippen LogP contribution is 2.15. The second-order valence-corrected chi connectivity index (χ2v) is 5.80. The van der Waals surface area contributed by atoms with Crippen LogP contribution in [0.2, 0.25) is 0 Å². The molecular weight excluding hydrogens is 248 g/mol. The summed E-state index contributed by atoms with van der Waals surface area (Å²) in [5.41, 5.74) is 6.78. The first kappa shape index (κ1) is 13.1. The second kappa shape index (κ2) is 5.63. The number of nitrogens with two attached hydrogens (primary N) is 1. The van der Waals surface area contributed by atoms with E-state index in [4.69, 9.17) is 5.73 Å². The van der Waals surface area contributed by atoms with E-state index in [0.717, 1.165) is 32.5 Å². The molecule has 0 aliphatic carbocycles. The topological polar surface area (TPSA) is 47.5 Å². The Labute approximate surface area is 119 Å². The second-order valence-electron chi connectivity index (χ2n) is 5.80. The lowest BCUT2D eigenvalue weighted by atomic mass is 9.97. The number of hydrogen-bond donors (Lipinski definition) is 2. The molecule has 1 aliphatic rings. The van der Waals surface area contributed by atoms with Gasteiger partial charge in [0.15, 0.2) is 0 Å². The van der Waals surface area contributed by atoms with Gasteiger partial charge >= 0.3 is 0 Å². The monoisotopic (exact) mass is 269 g/mol. The summed E-state index contributed by atoms with van der Waals surface area (Å²) in [7, 11) is 0. The SMILES string of the molecule is NC(=O)[C@H]1CCC[NH+](Cc2ccc3ccccc3c2)C1. The number of piperidine rings is 1. The van der Waals surface area contributed by atoms with E-state index >= 15 is 0 Å². The zero-order valence-electron chi connectivity index (χ0n) is 11.6. The van der Waals surface area contributed by atoms with Crippen molar-refractivity contribution in [2.24, 2.45) is 11.7 Å². The fourth-order valence-electron chi connectivity index (χ4n) is 3.19. The largest absolute Gasteiger partial charge is 0.369 e. The molecule has 3 N–H and O–H groups in total. The van der Waals surface area contributed by atoms with E-state index in [2.05, 4.69) is 42.5 Å². The normalized spacial score (nSPS) is 22.8. The van der Waals surface area contributed by atoms with Crippen LogP contribution in [0.15, 0.2) is 42.5 Å². The third kappa shape index (κ3) is 2.83. The molecule has 1 fully saturated rings. The van der Waals surface area contributed by atoms with Crippen LogP contribution in [0.5, 0.6) is 0 Å². The molecule has 1 unspecified atom stereocenters. The minimum atomic E-state index is -0.138. The smallest absolute Gasteiger partial charge is 0.226 e. The third-order valence-corrected chi connectivity index (χ3v) is 4.29. The Hall–Kier alpha value is -1.87. The number of rotatable bonds is 3. The van der Waals surface area contributed by atoms with Crippen molar-refractivity contribution < 1.29 is 9.69 Å². The molecule has 0 spiro atoms. The van der Waals surface area contributed by atoms with Gasteiger partial charge in [0.1, 0.15) is 6.54 Å². The van der Waals surface area contributed by atoms with Gasteiger partial charge in [0.25, 0.3) is 0 Å². The quantitative estimate of drug-likeness (QED) is 0.862. The summed E-state index contributed by atoms with van der Waals surface area (Å²) in [4.78, 5) is 12.8. The molecule has 0 bridgehead atoms. The van der Waals surface area contributed by atoms with Gasteiger partial charge in [-0.05, 0) is 29.7 Å². The van der Waals surface area contributed by atoms with Crippen LogP contribution in [-0.4, -0.2) is 19.0 Å². The van der Waals surface area contributed by atoms with Gasteiger partial charge in [0.2, 0.25) is 5.91 Å². The Morgan fingerprint density at radius 2 is 2.00 bits per heavy atom. The molecule has 104 valence electrons. The molecule has 3 nitrogen and oxygen atoms in total. The fourth-order valence-corrected chi connectivity index (χ4v) is 3.19. The van der Waals surface area contributed by atoms with E-state index in [1.807, 2.05) is 0 Å². The molecular formula is C17H21N2O+. The van der Waals surface area contributed by atoms with Crippen molar-refractivity contribution in [1.82, 2.24) is 0 Å². The van der Waals surface area contributed by atoms with Gasteiger partial charge in [0.05, 0.1) is 19.0 Å². The van der Waals surface area contributed by atoms with Crippen molar-refractivity contribution in [3.05, 3.63) is 48.0 Å². The van der Waals surface area contributed by atoms with Gasteiger partial charge in [-0.25, -0.2) is 0 Å². The average Bonchev–Trinajstić information content (AvgIpc) is 2.47. The molecule has 2 aromatic carbocycles. The van der Waals surface area contributed by atoms with Crippen LogP contribution in [0, 0.1) is 5.92 Å². The lowest BCUT2D eigenvalue weighted by Gasteiger charge is -2.28. The summed E-state index contributed by atoms with van der Waals surface area (Å²) in [6.45, 7) is 2.99. The molecule has 3 rings (SSSR count). The first-order chi connectivity index (χ1) is 9.72. The predicted molar refractivity (Wildman–Crippen MR) is 80.3 cm³/mol. The summed E-state index contributed by atoms with van der Waals surface area (Å²) in [5.74, 6) is -0.0834. The number of quaternary nitrogens is 1. The van der Waals surface area contributed by atoms with Crippen LogP contribution < -0.4 is 10.6 Å². The zero-order valence-corrected chi connectivity index (χ0v) is 11.6. The molecule has 20 heavy (non-hydrogen) atoms. The van der Waals surface area contributed by atoms with Gasteiger partial charge in [-0.1, -0.05) is 36.4 Å². The maximum absolute atomic E-state index is 11.3. The number of likely N-dealkylation sites (tertiary alicyclic amines) is 1. The number of carbonyl (C=O) groups is 1. The molecule has 1 amide bonds. The summed E-state index contributed by atoms with van der Waals surface area (Å²) in [6.07, 6.45) is 2.05. The minimum absolute atomic E-state index is 0.0548. The summed E-state index contributed by atoms with van der Waals surface area (Å²) in [6, 6.07) is 15.1. The van der Waals surface area contributed by atoms with Crippen molar-refractivity contribution in [1.29, 1.82) is 0 Å². The number of primary amides is 1. The third-order valence-electron chi connectivity index (χ3n) is 4.29. The van der Waals surface area contributed by atoms with Gasteiger partial charge in [0, 0.05) is 5.56 Å². The standard InChI is InChI=1S/C17H20N2O/c18-17(20)16-6-3-9-19(12-16)11-13-7-8-14-4-1-2-5-15(14)10-13/h1-2,4-5,7-8,10,16H,3,6,9,11-12H2,(H2,18,20)/p+1/t16-/m0/s1. The van der Waals surface area contributed by atoms with Crippen LogP contribution in [0.4, 0.5) is 0 Å². The maximum atomic E-state index is 11.3. The Morgan fingerprint density at radius 1 is 1.20 bits per heavy atom. The van der Waals surface area contributed by atoms with E-state index in [1.165, 1.54) is 21.2 Å². The Bertz CT molecular complexity index is 623. The van der Waals surface area contributed by atoms with E-state index in [1.54, 1.807) is 0 Å². The number of carbonyl (C=O) groups excluding carboxylic acids is 1. The minimum Gasteiger partial charge on any atom is -0.369 e. The highest BCUT2D eigenvalue weighted by Gasteiger charge is 2.26. The molecule has 1 aliphatic heterocycles. The van der Waals surface area contributed by atoms with Crippen molar-refractivity contribution in [3.8, 4) is 0 Å². The first-order valence-corrected chi connectivity index (χ1v) is 7.33.